The zero-order valence-electron chi connectivity index (χ0n) is 12.0. The molecule has 3 heteroatoms. The number of hydrogen-bond donors (Lipinski definition) is 1. The third kappa shape index (κ3) is 2.36. The summed E-state index contributed by atoms with van der Waals surface area (Å²) in [5.74, 6) is 0.650. The average molecular weight is 268 g/mol. The standard InChI is InChI=1S/C17H20N2O/c1-11(2)20-16-10-13(8-9-19-16)15-7-6-12-4-3-5-14(12)17(15)18/h6-11H,3-5,18H2,1-2H3. The van der Waals surface area contributed by atoms with Crippen LogP contribution in [0.2, 0.25) is 0 Å². The van der Waals surface area contributed by atoms with Crippen LogP contribution in [-0.4, -0.2) is 11.1 Å². The molecule has 0 amide bonds. The number of hydrogen-bond acceptors (Lipinski definition) is 3. The van der Waals surface area contributed by atoms with Crippen molar-refractivity contribution >= 4 is 5.69 Å². The van der Waals surface area contributed by atoms with Crippen molar-refractivity contribution < 1.29 is 4.74 Å². The van der Waals surface area contributed by atoms with Gasteiger partial charge in [-0.25, -0.2) is 4.98 Å². The van der Waals surface area contributed by atoms with Crippen LogP contribution < -0.4 is 10.5 Å². The summed E-state index contributed by atoms with van der Waals surface area (Å²) in [5.41, 5.74) is 12.2. The minimum absolute atomic E-state index is 0.120. The molecule has 0 spiro atoms. The third-order valence-corrected chi connectivity index (χ3v) is 3.73. The smallest absolute Gasteiger partial charge is 0.214 e. The van der Waals surface area contributed by atoms with E-state index in [0.717, 1.165) is 29.7 Å². The van der Waals surface area contributed by atoms with Gasteiger partial charge in [0.05, 0.1) is 6.10 Å². The highest BCUT2D eigenvalue weighted by Crippen LogP contribution is 2.35. The fraction of sp³-hybridized carbons (Fsp3) is 0.353. The van der Waals surface area contributed by atoms with Crippen LogP contribution in [0, 0.1) is 0 Å². The van der Waals surface area contributed by atoms with Gasteiger partial charge < -0.3 is 10.5 Å². The quantitative estimate of drug-likeness (QED) is 0.865. The summed E-state index contributed by atoms with van der Waals surface area (Å²) in [5, 5.41) is 0. The van der Waals surface area contributed by atoms with Crippen LogP contribution in [0.25, 0.3) is 11.1 Å². The minimum Gasteiger partial charge on any atom is -0.475 e. The molecule has 0 radical (unpaired) electrons. The fourth-order valence-electron chi connectivity index (χ4n) is 2.83. The predicted molar refractivity (Wildman–Crippen MR) is 81.9 cm³/mol. The van der Waals surface area contributed by atoms with Gasteiger partial charge in [0.1, 0.15) is 0 Å². The number of nitrogen functional groups attached to an aromatic ring is 1. The summed E-state index contributed by atoms with van der Waals surface area (Å²) < 4.78 is 5.66. The van der Waals surface area contributed by atoms with Gasteiger partial charge in [0.2, 0.25) is 5.88 Å². The lowest BCUT2D eigenvalue weighted by atomic mass is 9.98. The Labute approximate surface area is 119 Å². The van der Waals surface area contributed by atoms with E-state index in [1.807, 2.05) is 26.0 Å². The first-order valence-corrected chi connectivity index (χ1v) is 7.18. The van der Waals surface area contributed by atoms with Gasteiger partial charge in [-0.15, -0.1) is 0 Å². The van der Waals surface area contributed by atoms with Crippen molar-refractivity contribution in [3.63, 3.8) is 0 Å². The number of pyridine rings is 1. The summed E-state index contributed by atoms with van der Waals surface area (Å²) in [6.07, 6.45) is 5.35. The Morgan fingerprint density at radius 1 is 1.20 bits per heavy atom. The van der Waals surface area contributed by atoms with Crippen LogP contribution in [0.15, 0.2) is 30.5 Å². The number of anilines is 1. The van der Waals surface area contributed by atoms with Crippen LogP contribution in [-0.2, 0) is 12.8 Å². The van der Waals surface area contributed by atoms with Crippen molar-refractivity contribution in [3.05, 3.63) is 41.6 Å². The maximum Gasteiger partial charge on any atom is 0.214 e. The summed E-state index contributed by atoms with van der Waals surface area (Å²) >= 11 is 0. The molecule has 0 atom stereocenters. The molecule has 1 aromatic heterocycles. The van der Waals surface area contributed by atoms with E-state index in [2.05, 4.69) is 17.1 Å². The van der Waals surface area contributed by atoms with Crippen molar-refractivity contribution in [1.82, 2.24) is 4.98 Å². The molecular weight excluding hydrogens is 248 g/mol. The number of benzene rings is 1. The zero-order chi connectivity index (χ0) is 14.1. The van der Waals surface area contributed by atoms with Crippen LogP contribution in [0.1, 0.15) is 31.4 Å². The van der Waals surface area contributed by atoms with E-state index >= 15 is 0 Å². The maximum atomic E-state index is 6.36. The normalized spacial score (nSPS) is 13.6. The molecule has 0 saturated carbocycles. The molecule has 2 aromatic rings. The Morgan fingerprint density at radius 3 is 2.85 bits per heavy atom. The van der Waals surface area contributed by atoms with E-state index in [4.69, 9.17) is 10.5 Å². The van der Waals surface area contributed by atoms with Crippen LogP contribution >= 0.6 is 0 Å². The number of nitrogens with two attached hydrogens (primary N) is 1. The number of fused-ring (bicyclic) bond motifs is 1. The summed E-state index contributed by atoms with van der Waals surface area (Å²) in [4.78, 5) is 4.24. The van der Waals surface area contributed by atoms with Crippen molar-refractivity contribution in [1.29, 1.82) is 0 Å². The fourth-order valence-corrected chi connectivity index (χ4v) is 2.83. The third-order valence-electron chi connectivity index (χ3n) is 3.73. The van der Waals surface area contributed by atoms with E-state index in [1.54, 1.807) is 6.20 Å². The van der Waals surface area contributed by atoms with E-state index in [0.29, 0.717) is 5.88 Å². The van der Waals surface area contributed by atoms with Gasteiger partial charge in [-0.2, -0.15) is 0 Å². The maximum absolute atomic E-state index is 6.36. The summed E-state index contributed by atoms with van der Waals surface area (Å²) in [6.45, 7) is 4.00. The Hall–Kier alpha value is -2.03. The highest BCUT2D eigenvalue weighted by Gasteiger charge is 2.17. The second-order valence-corrected chi connectivity index (χ2v) is 5.57. The molecule has 2 N–H and O–H groups in total. The van der Waals surface area contributed by atoms with Crippen LogP contribution in [0.4, 0.5) is 5.69 Å². The molecule has 0 unspecified atom stereocenters. The Balaban J connectivity index is 2.01. The molecular formula is C17H20N2O. The zero-order valence-corrected chi connectivity index (χ0v) is 12.0. The van der Waals surface area contributed by atoms with Gasteiger partial charge in [0, 0.05) is 23.5 Å². The monoisotopic (exact) mass is 268 g/mol. The first-order valence-electron chi connectivity index (χ1n) is 7.18. The van der Waals surface area contributed by atoms with Crippen LogP contribution in [0.5, 0.6) is 5.88 Å². The summed E-state index contributed by atoms with van der Waals surface area (Å²) in [6, 6.07) is 8.28. The highest BCUT2D eigenvalue weighted by molar-refractivity contribution is 5.80. The summed E-state index contributed by atoms with van der Waals surface area (Å²) in [7, 11) is 0. The predicted octanol–water partition coefficient (Wildman–Crippen LogP) is 3.61. The Morgan fingerprint density at radius 2 is 2.05 bits per heavy atom. The molecule has 0 saturated heterocycles. The molecule has 3 nitrogen and oxygen atoms in total. The van der Waals surface area contributed by atoms with Crippen molar-refractivity contribution in [2.75, 3.05) is 5.73 Å². The Bertz CT molecular complexity index is 635. The lowest BCUT2D eigenvalue weighted by Gasteiger charge is -2.13. The molecule has 3 rings (SSSR count). The Kier molecular flexibility index (Phi) is 3.35. The van der Waals surface area contributed by atoms with E-state index in [-0.39, 0.29) is 6.10 Å². The number of ether oxygens (including phenoxy) is 1. The number of aromatic nitrogens is 1. The second kappa shape index (κ2) is 5.16. The van der Waals surface area contributed by atoms with Gasteiger partial charge in [-0.3, -0.25) is 0 Å². The van der Waals surface area contributed by atoms with E-state index in [1.165, 1.54) is 17.5 Å². The van der Waals surface area contributed by atoms with E-state index < -0.39 is 0 Å². The lowest BCUT2D eigenvalue weighted by molar-refractivity contribution is 0.233. The molecule has 0 bridgehead atoms. The van der Waals surface area contributed by atoms with Gasteiger partial charge in [0.25, 0.3) is 0 Å². The molecule has 1 aliphatic carbocycles. The molecule has 0 aliphatic heterocycles. The largest absolute Gasteiger partial charge is 0.475 e. The first-order chi connectivity index (χ1) is 9.65. The average Bonchev–Trinajstić information content (AvgIpc) is 2.88. The van der Waals surface area contributed by atoms with Crippen molar-refractivity contribution in [2.24, 2.45) is 0 Å². The number of aryl methyl sites for hydroxylation is 1. The van der Waals surface area contributed by atoms with E-state index in [9.17, 15) is 0 Å². The van der Waals surface area contributed by atoms with Gasteiger partial charge in [0.15, 0.2) is 0 Å². The molecule has 0 fully saturated rings. The lowest BCUT2D eigenvalue weighted by Crippen LogP contribution is -2.06. The van der Waals surface area contributed by atoms with Gasteiger partial charge >= 0.3 is 0 Å². The topological polar surface area (TPSA) is 48.1 Å². The molecule has 1 aromatic carbocycles. The molecule has 1 heterocycles. The minimum atomic E-state index is 0.120. The number of nitrogens with zero attached hydrogens (tertiary/aromatic N) is 1. The van der Waals surface area contributed by atoms with Crippen LogP contribution in [0.3, 0.4) is 0 Å². The SMILES string of the molecule is CC(C)Oc1cc(-c2ccc3c(c2N)CCC3)ccn1. The molecule has 20 heavy (non-hydrogen) atoms. The van der Waals surface area contributed by atoms with Gasteiger partial charge in [-0.1, -0.05) is 12.1 Å². The van der Waals surface area contributed by atoms with Crippen molar-refractivity contribution in [2.45, 2.75) is 39.2 Å². The molecule has 104 valence electrons. The van der Waals surface area contributed by atoms with Crippen molar-refractivity contribution in [3.8, 4) is 17.0 Å². The highest BCUT2D eigenvalue weighted by atomic mass is 16.5. The van der Waals surface area contributed by atoms with Gasteiger partial charge in [-0.05, 0) is 55.9 Å². The first kappa shape index (κ1) is 13.0. The molecule has 1 aliphatic rings. The number of rotatable bonds is 3. The second-order valence-electron chi connectivity index (χ2n) is 5.57.